The molecule has 12 nitrogen and oxygen atoms in total. The predicted molar refractivity (Wildman–Crippen MR) is 119 cm³/mol. The summed E-state index contributed by atoms with van der Waals surface area (Å²) in [5.74, 6) is 0.111. The van der Waals surface area contributed by atoms with Gasteiger partial charge in [0, 0.05) is 17.0 Å². The molecule has 0 radical (unpaired) electrons. The summed E-state index contributed by atoms with van der Waals surface area (Å²) in [6.07, 6.45) is 5.06. The van der Waals surface area contributed by atoms with Crippen LogP contribution in [0.1, 0.15) is 24.1 Å². The highest BCUT2D eigenvalue weighted by Gasteiger charge is 2.20. The molecule has 0 unspecified atom stereocenters. The minimum absolute atomic E-state index is 0.0155. The normalized spacial score (nSPS) is 15.5. The number of anilines is 2. The van der Waals surface area contributed by atoms with Crippen molar-refractivity contribution in [1.29, 1.82) is 0 Å². The first-order valence-electron chi connectivity index (χ1n) is 10.0. The molecule has 3 aromatic heterocycles. The first-order valence-corrected chi connectivity index (χ1v) is 11.6. The van der Waals surface area contributed by atoms with Crippen molar-refractivity contribution in [3.05, 3.63) is 62.9 Å². The summed E-state index contributed by atoms with van der Waals surface area (Å²) in [4.78, 5) is 25.5. The van der Waals surface area contributed by atoms with Crippen molar-refractivity contribution < 1.29 is 13.5 Å². The van der Waals surface area contributed by atoms with Crippen molar-refractivity contribution in [2.75, 3.05) is 5.32 Å². The highest BCUT2D eigenvalue weighted by molar-refractivity contribution is 7.89. The van der Waals surface area contributed by atoms with Gasteiger partial charge in [-0.1, -0.05) is 6.07 Å². The second-order valence-corrected chi connectivity index (χ2v) is 9.36. The van der Waals surface area contributed by atoms with E-state index in [1.807, 2.05) is 0 Å². The van der Waals surface area contributed by atoms with Crippen LogP contribution in [0, 0.1) is 6.92 Å². The molecule has 0 saturated heterocycles. The number of aromatic amines is 2. The van der Waals surface area contributed by atoms with Gasteiger partial charge in [-0.25, -0.2) is 23.3 Å². The third-order valence-electron chi connectivity index (χ3n) is 5.14. The molecule has 0 atom stereocenters. The summed E-state index contributed by atoms with van der Waals surface area (Å²) >= 11 is 0. The summed E-state index contributed by atoms with van der Waals surface area (Å²) in [5.41, 5.74) is 1.65. The van der Waals surface area contributed by atoms with Crippen molar-refractivity contribution in [1.82, 2.24) is 24.6 Å². The van der Waals surface area contributed by atoms with E-state index in [1.54, 1.807) is 35.8 Å². The zero-order valence-corrected chi connectivity index (χ0v) is 18.2. The Labute approximate surface area is 186 Å². The van der Waals surface area contributed by atoms with Crippen LogP contribution in [0.15, 0.2) is 45.1 Å². The van der Waals surface area contributed by atoms with Gasteiger partial charge in [-0.2, -0.15) is 9.61 Å². The van der Waals surface area contributed by atoms with Crippen LogP contribution in [0.5, 0.6) is 5.88 Å². The quantitative estimate of drug-likeness (QED) is 0.268. The highest BCUT2D eigenvalue weighted by Crippen LogP contribution is 2.23. The lowest BCUT2D eigenvalue weighted by Crippen LogP contribution is -2.20. The van der Waals surface area contributed by atoms with Crippen molar-refractivity contribution in [3.8, 4) is 5.88 Å². The molecule has 3 heterocycles. The van der Waals surface area contributed by atoms with Gasteiger partial charge in [0.1, 0.15) is 11.5 Å². The smallest absolute Gasteiger partial charge is 0.326 e. The van der Waals surface area contributed by atoms with Crippen LogP contribution in [-0.4, -0.2) is 44.1 Å². The fourth-order valence-corrected chi connectivity index (χ4v) is 4.20. The average Bonchev–Trinajstić information content (AvgIpc) is 3.37. The van der Waals surface area contributed by atoms with Gasteiger partial charge in [-0.15, -0.1) is 0 Å². The van der Waals surface area contributed by atoms with E-state index in [9.17, 15) is 18.3 Å². The fourth-order valence-electron chi connectivity index (χ4n) is 3.39. The van der Waals surface area contributed by atoms with E-state index in [0.29, 0.717) is 33.4 Å². The van der Waals surface area contributed by atoms with E-state index in [-0.39, 0.29) is 22.5 Å². The molecule has 33 heavy (non-hydrogen) atoms. The fraction of sp³-hybridized carbons (Fsp3) is 0.200. The topological polar surface area (TPSA) is 184 Å². The van der Waals surface area contributed by atoms with Gasteiger partial charge in [0.2, 0.25) is 15.9 Å². The lowest BCUT2D eigenvalue weighted by atomic mass is 10.2. The molecule has 1 aliphatic carbocycles. The van der Waals surface area contributed by atoms with Crippen LogP contribution >= 0.6 is 0 Å². The SMILES string of the molecule is Cc1ccc(Nc2cc(=NC3CC3)n3ncc(=Cc4[nH]c(=O)[nH]c4O)c3n2)cc1S(N)(=O)=O. The summed E-state index contributed by atoms with van der Waals surface area (Å²) in [6, 6.07) is 6.74. The largest absolute Gasteiger partial charge is 0.493 e. The molecule has 1 saturated carbocycles. The molecule has 0 amide bonds. The molecule has 170 valence electrons. The van der Waals surface area contributed by atoms with Gasteiger partial charge in [-0.3, -0.25) is 9.98 Å². The van der Waals surface area contributed by atoms with Gasteiger partial charge >= 0.3 is 5.69 Å². The zero-order valence-electron chi connectivity index (χ0n) is 17.4. The number of fused-ring (bicyclic) bond motifs is 1. The number of nitrogens with two attached hydrogens (primary N) is 1. The minimum atomic E-state index is -3.89. The molecule has 5 rings (SSSR count). The molecular formula is C20H20N8O4S. The van der Waals surface area contributed by atoms with Crippen molar-refractivity contribution in [2.45, 2.75) is 30.7 Å². The first-order chi connectivity index (χ1) is 15.7. The maximum atomic E-state index is 11.9. The first kappa shape index (κ1) is 20.9. The maximum Gasteiger partial charge on any atom is 0.326 e. The standard InChI is InChI=1S/C20H20N8O4S/c1-10-2-3-13(7-15(10)33(21,31)32)23-16-8-17(24-12-4-5-12)28-18(26-16)11(9-22-28)6-14-19(29)27-20(30)25-14/h2-3,6-9,12,23,29H,4-5H2,1H3,(H2,21,31,32)(H2,25,27,30). The van der Waals surface area contributed by atoms with E-state index >= 15 is 0 Å². The lowest BCUT2D eigenvalue weighted by molar-refractivity contribution is 0.454. The Morgan fingerprint density at radius 3 is 2.76 bits per heavy atom. The van der Waals surface area contributed by atoms with E-state index < -0.39 is 15.7 Å². The van der Waals surface area contributed by atoms with Crippen LogP contribution in [-0.2, 0) is 10.0 Å². The molecule has 4 aromatic rings. The Bertz CT molecular complexity index is 1680. The number of aromatic hydroxyl groups is 1. The molecule has 6 N–H and O–H groups in total. The predicted octanol–water partition coefficient (Wildman–Crippen LogP) is -0.238. The van der Waals surface area contributed by atoms with Crippen LogP contribution < -0.4 is 26.9 Å². The Hall–Kier alpha value is -3.97. The number of aryl methyl sites for hydroxylation is 1. The van der Waals surface area contributed by atoms with E-state index in [1.165, 1.54) is 12.1 Å². The summed E-state index contributed by atoms with van der Waals surface area (Å²) < 4.78 is 25.3. The van der Waals surface area contributed by atoms with E-state index in [0.717, 1.165) is 12.8 Å². The van der Waals surface area contributed by atoms with Crippen molar-refractivity contribution >= 4 is 33.3 Å². The number of sulfonamides is 1. The number of nitrogens with zero attached hydrogens (tertiary/aromatic N) is 4. The van der Waals surface area contributed by atoms with Gasteiger partial charge in [-0.05, 0) is 43.5 Å². The summed E-state index contributed by atoms with van der Waals surface area (Å²) in [7, 11) is -3.89. The van der Waals surface area contributed by atoms with Gasteiger partial charge in [0.25, 0.3) is 0 Å². The summed E-state index contributed by atoms with van der Waals surface area (Å²) in [6.45, 7) is 1.66. The van der Waals surface area contributed by atoms with E-state index in [2.05, 4.69) is 25.4 Å². The number of nitrogens with one attached hydrogen (secondary N) is 3. The molecular weight excluding hydrogens is 448 g/mol. The summed E-state index contributed by atoms with van der Waals surface area (Å²) in [5, 5.41) is 23.2. The van der Waals surface area contributed by atoms with Gasteiger partial charge < -0.3 is 15.4 Å². The number of imidazole rings is 1. The number of hydrogen-bond acceptors (Lipinski definition) is 8. The van der Waals surface area contributed by atoms with Crippen molar-refractivity contribution in [2.24, 2.45) is 10.1 Å². The van der Waals surface area contributed by atoms with Gasteiger partial charge in [0.05, 0.1) is 17.1 Å². The Morgan fingerprint density at radius 2 is 2.09 bits per heavy atom. The Morgan fingerprint density at radius 1 is 1.30 bits per heavy atom. The van der Waals surface area contributed by atoms with E-state index in [4.69, 9.17) is 10.1 Å². The number of benzene rings is 1. The van der Waals surface area contributed by atoms with Crippen molar-refractivity contribution in [3.63, 3.8) is 0 Å². The Balaban J connectivity index is 1.66. The molecule has 1 aromatic carbocycles. The van der Waals surface area contributed by atoms with Crippen LogP contribution in [0.25, 0.3) is 11.7 Å². The van der Waals surface area contributed by atoms with Gasteiger partial charge in [0.15, 0.2) is 11.1 Å². The molecule has 0 bridgehead atoms. The third kappa shape index (κ3) is 4.23. The number of hydrogen-bond donors (Lipinski definition) is 5. The number of rotatable bonds is 5. The van der Waals surface area contributed by atoms with Crippen LogP contribution in [0.2, 0.25) is 0 Å². The average molecular weight is 468 g/mol. The number of primary sulfonamides is 1. The zero-order chi connectivity index (χ0) is 23.3. The number of aromatic nitrogens is 5. The van der Waals surface area contributed by atoms with Crippen LogP contribution in [0.3, 0.4) is 0 Å². The molecule has 1 fully saturated rings. The lowest BCUT2D eigenvalue weighted by Gasteiger charge is -2.10. The third-order valence-corrected chi connectivity index (χ3v) is 6.20. The highest BCUT2D eigenvalue weighted by atomic mass is 32.2. The second-order valence-electron chi connectivity index (χ2n) is 7.83. The van der Waals surface area contributed by atoms with Crippen LogP contribution in [0.4, 0.5) is 11.5 Å². The maximum absolute atomic E-state index is 11.9. The number of H-pyrrole nitrogens is 2. The monoisotopic (exact) mass is 468 g/mol. The molecule has 0 aliphatic heterocycles. The molecule has 1 aliphatic rings. The minimum Gasteiger partial charge on any atom is -0.493 e. The molecule has 0 spiro atoms. The Kier molecular flexibility index (Phi) is 4.79. The second kappa shape index (κ2) is 7.56. The molecule has 13 heteroatoms.